The van der Waals surface area contributed by atoms with E-state index in [0.29, 0.717) is 35.3 Å². The third kappa shape index (κ3) is 5.20. The third-order valence-electron chi connectivity index (χ3n) is 3.83. The summed E-state index contributed by atoms with van der Waals surface area (Å²) in [6.07, 6.45) is 0.121. The first-order chi connectivity index (χ1) is 13.5. The van der Waals surface area contributed by atoms with E-state index in [1.165, 1.54) is 11.3 Å². The number of carbonyl (C=O) groups is 2. The molecule has 0 aliphatic rings. The maximum absolute atomic E-state index is 12.3. The Bertz CT molecular complexity index is 933. The summed E-state index contributed by atoms with van der Waals surface area (Å²) in [6.45, 7) is 4.16. The molecule has 2 amide bonds. The van der Waals surface area contributed by atoms with Gasteiger partial charge in [-0.1, -0.05) is 6.07 Å². The minimum absolute atomic E-state index is 0.0441. The van der Waals surface area contributed by atoms with Crippen molar-refractivity contribution in [3.8, 4) is 16.5 Å². The maximum Gasteiger partial charge on any atom is 0.257 e. The van der Waals surface area contributed by atoms with Gasteiger partial charge in [-0.25, -0.2) is 4.98 Å². The van der Waals surface area contributed by atoms with Crippen LogP contribution in [0.25, 0.3) is 10.8 Å². The topological polar surface area (TPSA) is 93.5 Å². The van der Waals surface area contributed by atoms with Crippen LogP contribution in [0.4, 0.5) is 5.69 Å². The molecule has 0 atom stereocenters. The number of thiophene rings is 1. The second kappa shape index (κ2) is 9.18. The molecule has 0 saturated heterocycles. The van der Waals surface area contributed by atoms with Gasteiger partial charge in [0.2, 0.25) is 11.8 Å². The van der Waals surface area contributed by atoms with Gasteiger partial charge in [0.15, 0.2) is 6.61 Å². The lowest BCUT2D eigenvalue weighted by molar-refractivity contribution is -0.123. The van der Waals surface area contributed by atoms with Gasteiger partial charge in [0.25, 0.3) is 5.91 Å². The van der Waals surface area contributed by atoms with Crippen LogP contribution in [0, 0.1) is 6.92 Å². The van der Waals surface area contributed by atoms with Gasteiger partial charge in [0, 0.05) is 12.2 Å². The Morgan fingerprint density at radius 1 is 1.18 bits per heavy atom. The monoisotopic (exact) mass is 399 g/mol. The van der Waals surface area contributed by atoms with E-state index in [0.717, 1.165) is 4.88 Å². The number of benzene rings is 1. The van der Waals surface area contributed by atoms with Crippen molar-refractivity contribution in [2.45, 2.75) is 20.3 Å². The Labute approximate surface area is 166 Å². The van der Waals surface area contributed by atoms with Crippen LogP contribution in [0.1, 0.15) is 18.4 Å². The summed E-state index contributed by atoms with van der Waals surface area (Å²) < 4.78 is 11.0. The average Bonchev–Trinajstić information content (AvgIpc) is 3.32. The first kappa shape index (κ1) is 19.6. The number of nitrogens with zero attached hydrogens (tertiary/aromatic N) is 1. The zero-order chi connectivity index (χ0) is 19.9. The zero-order valence-electron chi connectivity index (χ0n) is 15.7. The fraction of sp³-hybridized carbons (Fsp3) is 0.250. The number of hydrogen-bond donors (Lipinski definition) is 2. The summed E-state index contributed by atoms with van der Waals surface area (Å²) in [7, 11) is 0. The molecular formula is C20H21N3O4S. The van der Waals surface area contributed by atoms with Crippen LogP contribution in [-0.4, -0.2) is 29.9 Å². The van der Waals surface area contributed by atoms with Gasteiger partial charge in [0.1, 0.15) is 11.5 Å². The van der Waals surface area contributed by atoms with Gasteiger partial charge >= 0.3 is 0 Å². The summed E-state index contributed by atoms with van der Waals surface area (Å²) in [4.78, 5) is 29.1. The van der Waals surface area contributed by atoms with E-state index in [1.54, 1.807) is 31.2 Å². The molecule has 0 fully saturated rings. The molecular weight excluding hydrogens is 378 g/mol. The van der Waals surface area contributed by atoms with E-state index in [-0.39, 0.29) is 24.8 Å². The van der Waals surface area contributed by atoms with Gasteiger partial charge in [-0.2, -0.15) is 0 Å². The third-order valence-corrected chi connectivity index (χ3v) is 4.69. The highest BCUT2D eigenvalue weighted by atomic mass is 32.1. The number of nitrogens with one attached hydrogen (secondary N) is 2. The number of hydrogen-bond acceptors (Lipinski definition) is 6. The van der Waals surface area contributed by atoms with Crippen molar-refractivity contribution in [1.82, 2.24) is 10.3 Å². The lowest BCUT2D eigenvalue weighted by atomic mass is 10.2. The number of anilines is 1. The molecule has 146 valence electrons. The molecule has 2 heterocycles. The number of amides is 2. The average molecular weight is 399 g/mol. The van der Waals surface area contributed by atoms with Gasteiger partial charge < -0.3 is 19.8 Å². The van der Waals surface area contributed by atoms with Crippen molar-refractivity contribution in [2.24, 2.45) is 0 Å². The summed E-state index contributed by atoms with van der Waals surface area (Å²) in [6, 6.07) is 10.7. The van der Waals surface area contributed by atoms with Crippen LogP contribution in [0.2, 0.25) is 0 Å². The number of ether oxygens (including phenoxy) is 1. The summed E-state index contributed by atoms with van der Waals surface area (Å²) in [5, 5.41) is 7.43. The molecule has 0 spiro atoms. The van der Waals surface area contributed by atoms with Crippen LogP contribution in [-0.2, 0) is 16.0 Å². The molecule has 2 N–H and O–H groups in total. The van der Waals surface area contributed by atoms with Crippen LogP contribution in [0.3, 0.4) is 0 Å². The number of likely N-dealkylation sites (N-methyl/N-ethyl adjacent to an activating group) is 1. The molecule has 0 radical (unpaired) electrons. The van der Waals surface area contributed by atoms with Crippen LogP contribution in [0.5, 0.6) is 5.75 Å². The minimum atomic E-state index is -0.190. The van der Waals surface area contributed by atoms with Crippen LogP contribution >= 0.6 is 11.3 Å². The Balaban J connectivity index is 1.54. The summed E-state index contributed by atoms with van der Waals surface area (Å²) >= 11 is 1.54. The quantitative estimate of drug-likeness (QED) is 0.605. The summed E-state index contributed by atoms with van der Waals surface area (Å²) in [5.41, 5.74) is 1.25. The highest BCUT2D eigenvalue weighted by Gasteiger charge is 2.15. The van der Waals surface area contributed by atoms with Gasteiger partial charge in [0.05, 0.1) is 17.0 Å². The van der Waals surface area contributed by atoms with E-state index in [4.69, 9.17) is 9.15 Å². The second-order valence-corrected chi connectivity index (χ2v) is 6.94. The molecule has 2 aromatic heterocycles. The number of carbonyl (C=O) groups excluding carboxylic acids is 2. The smallest absolute Gasteiger partial charge is 0.257 e. The number of rotatable bonds is 8. The highest BCUT2D eigenvalue weighted by Crippen LogP contribution is 2.26. The van der Waals surface area contributed by atoms with E-state index >= 15 is 0 Å². The van der Waals surface area contributed by atoms with E-state index in [9.17, 15) is 9.59 Å². The lowest BCUT2D eigenvalue weighted by Gasteiger charge is -2.08. The van der Waals surface area contributed by atoms with Crippen molar-refractivity contribution in [1.29, 1.82) is 0 Å². The molecule has 0 saturated carbocycles. The van der Waals surface area contributed by atoms with Crippen molar-refractivity contribution in [3.63, 3.8) is 0 Å². The summed E-state index contributed by atoms with van der Waals surface area (Å²) in [5.74, 6) is 1.35. The number of oxazole rings is 1. The SMILES string of the molecule is CCNC(=O)COc1ccc(NC(=O)Cc2nc(-c3cccs3)oc2C)cc1. The lowest BCUT2D eigenvalue weighted by Crippen LogP contribution is -2.28. The molecule has 3 rings (SSSR count). The second-order valence-electron chi connectivity index (χ2n) is 5.99. The first-order valence-electron chi connectivity index (χ1n) is 8.84. The van der Waals surface area contributed by atoms with Gasteiger partial charge in [-0.05, 0) is 49.6 Å². The Kier molecular flexibility index (Phi) is 6.44. The molecule has 0 unspecified atom stereocenters. The molecule has 1 aromatic carbocycles. The normalized spacial score (nSPS) is 10.5. The van der Waals surface area contributed by atoms with Crippen LogP contribution in [0.15, 0.2) is 46.2 Å². The Morgan fingerprint density at radius 2 is 1.96 bits per heavy atom. The number of aryl methyl sites for hydroxylation is 1. The molecule has 0 bridgehead atoms. The fourth-order valence-electron chi connectivity index (χ4n) is 2.49. The Hall–Kier alpha value is -3.13. The largest absolute Gasteiger partial charge is 0.484 e. The molecule has 7 nitrogen and oxygen atoms in total. The fourth-order valence-corrected chi connectivity index (χ4v) is 3.14. The predicted molar refractivity (Wildman–Crippen MR) is 108 cm³/mol. The highest BCUT2D eigenvalue weighted by molar-refractivity contribution is 7.13. The van der Waals surface area contributed by atoms with E-state index in [2.05, 4.69) is 15.6 Å². The first-order valence-corrected chi connectivity index (χ1v) is 9.72. The minimum Gasteiger partial charge on any atom is -0.484 e. The molecule has 28 heavy (non-hydrogen) atoms. The standard InChI is InChI=1S/C20H21N3O4S/c1-3-21-19(25)12-26-15-8-6-14(7-9-15)22-18(24)11-16-13(2)27-20(23-16)17-5-4-10-28-17/h4-10H,3,11-12H2,1-2H3,(H,21,25)(H,22,24). The predicted octanol–water partition coefficient (Wildman–Crippen LogP) is 3.41. The maximum atomic E-state index is 12.3. The van der Waals surface area contributed by atoms with Crippen molar-refractivity contribution < 1.29 is 18.7 Å². The van der Waals surface area contributed by atoms with Crippen molar-refractivity contribution in [2.75, 3.05) is 18.5 Å². The number of aromatic nitrogens is 1. The van der Waals surface area contributed by atoms with E-state index in [1.807, 2.05) is 24.4 Å². The van der Waals surface area contributed by atoms with Gasteiger partial charge in [-0.15, -0.1) is 11.3 Å². The van der Waals surface area contributed by atoms with Crippen LogP contribution < -0.4 is 15.4 Å². The Morgan fingerprint density at radius 3 is 2.64 bits per heavy atom. The van der Waals surface area contributed by atoms with Crippen molar-refractivity contribution in [3.05, 3.63) is 53.2 Å². The van der Waals surface area contributed by atoms with Gasteiger partial charge in [-0.3, -0.25) is 9.59 Å². The van der Waals surface area contributed by atoms with E-state index < -0.39 is 0 Å². The van der Waals surface area contributed by atoms with Crippen molar-refractivity contribution >= 4 is 28.8 Å². The molecule has 3 aromatic rings. The molecule has 0 aliphatic heterocycles. The molecule has 8 heteroatoms. The molecule has 0 aliphatic carbocycles. The zero-order valence-corrected chi connectivity index (χ0v) is 16.5.